The molecule has 108 valence electrons. The summed E-state index contributed by atoms with van der Waals surface area (Å²) in [7, 11) is 0. The first-order chi connectivity index (χ1) is 8.21. The SMILES string of the molecule is CCCCOC(=O)C(C)(CC(C)C)C(C)(C)CC. The van der Waals surface area contributed by atoms with Crippen LogP contribution in [0.15, 0.2) is 0 Å². The van der Waals surface area contributed by atoms with Crippen LogP contribution in [0.25, 0.3) is 0 Å². The molecule has 0 spiro atoms. The molecular weight excluding hydrogens is 224 g/mol. The summed E-state index contributed by atoms with van der Waals surface area (Å²) in [5.41, 5.74) is -0.412. The van der Waals surface area contributed by atoms with Gasteiger partial charge in [0.15, 0.2) is 0 Å². The average molecular weight is 256 g/mol. The minimum absolute atomic E-state index is 0.0171. The molecule has 0 aliphatic carbocycles. The first kappa shape index (κ1) is 17.5. The van der Waals surface area contributed by atoms with Crippen LogP contribution in [0.3, 0.4) is 0 Å². The van der Waals surface area contributed by atoms with Crippen molar-refractivity contribution in [3.05, 3.63) is 0 Å². The maximum absolute atomic E-state index is 12.5. The third kappa shape index (κ3) is 4.29. The van der Waals surface area contributed by atoms with E-state index in [0.717, 1.165) is 25.7 Å². The highest BCUT2D eigenvalue weighted by Gasteiger charge is 2.47. The van der Waals surface area contributed by atoms with E-state index < -0.39 is 0 Å². The molecule has 0 aromatic heterocycles. The highest BCUT2D eigenvalue weighted by molar-refractivity contribution is 5.77. The molecule has 2 heteroatoms. The van der Waals surface area contributed by atoms with Gasteiger partial charge in [-0.1, -0.05) is 48.0 Å². The van der Waals surface area contributed by atoms with Crippen molar-refractivity contribution in [2.45, 2.75) is 74.1 Å². The summed E-state index contributed by atoms with van der Waals surface area (Å²) in [5, 5.41) is 0. The van der Waals surface area contributed by atoms with Crippen molar-refractivity contribution in [1.82, 2.24) is 0 Å². The van der Waals surface area contributed by atoms with E-state index >= 15 is 0 Å². The third-order valence-electron chi connectivity index (χ3n) is 4.38. The maximum Gasteiger partial charge on any atom is 0.312 e. The molecule has 0 N–H and O–H groups in total. The van der Waals surface area contributed by atoms with Gasteiger partial charge in [0, 0.05) is 0 Å². The second-order valence-electron chi connectivity index (χ2n) is 6.66. The Balaban J connectivity index is 4.92. The number of unbranched alkanes of at least 4 members (excludes halogenated alkanes) is 1. The van der Waals surface area contributed by atoms with Gasteiger partial charge < -0.3 is 4.74 Å². The van der Waals surface area contributed by atoms with Crippen molar-refractivity contribution < 1.29 is 9.53 Å². The van der Waals surface area contributed by atoms with Crippen molar-refractivity contribution in [3.8, 4) is 0 Å². The summed E-state index contributed by atoms with van der Waals surface area (Å²) < 4.78 is 5.50. The lowest BCUT2D eigenvalue weighted by Crippen LogP contribution is -2.44. The molecule has 18 heavy (non-hydrogen) atoms. The van der Waals surface area contributed by atoms with E-state index in [1.165, 1.54) is 0 Å². The molecule has 0 aliphatic rings. The van der Waals surface area contributed by atoms with Crippen LogP contribution in [0.4, 0.5) is 0 Å². The largest absolute Gasteiger partial charge is 0.465 e. The monoisotopic (exact) mass is 256 g/mol. The van der Waals surface area contributed by atoms with Crippen LogP contribution in [-0.4, -0.2) is 12.6 Å². The van der Waals surface area contributed by atoms with Gasteiger partial charge in [-0.05, 0) is 37.5 Å². The molecule has 0 aliphatic heterocycles. The van der Waals surface area contributed by atoms with E-state index in [1.54, 1.807) is 0 Å². The fourth-order valence-electron chi connectivity index (χ4n) is 2.31. The standard InChI is InChI=1S/C16H32O2/c1-8-10-11-18-14(17)16(7,12-13(3)4)15(5,6)9-2/h13H,8-12H2,1-7H3. The molecule has 1 unspecified atom stereocenters. The number of carbonyl (C=O) groups excluding carboxylic acids is 1. The van der Waals surface area contributed by atoms with Crippen LogP contribution >= 0.6 is 0 Å². The van der Waals surface area contributed by atoms with Gasteiger partial charge in [-0.3, -0.25) is 4.79 Å². The fraction of sp³-hybridized carbons (Fsp3) is 0.938. The van der Waals surface area contributed by atoms with E-state index in [0.29, 0.717) is 12.5 Å². The number of rotatable bonds is 8. The van der Waals surface area contributed by atoms with Crippen LogP contribution < -0.4 is 0 Å². The molecule has 0 saturated heterocycles. The van der Waals surface area contributed by atoms with Crippen LogP contribution in [-0.2, 0) is 9.53 Å². The van der Waals surface area contributed by atoms with Gasteiger partial charge in [0.05, 0.1) is 12.0 Å². The van der Waals surface area contributed by atoms with Crippen molar-refractivity contribution in [2.75, 3.05) is 6.61 Å². The third-order valence-corrected chi connectivity index (χ3v) is 4.38. The van der Waals surface area contributed by atoms with Gasteiger partial charge in [-0.15, -0.1) is 0 Å². The minimum Gasteiger partial charge on any atom is -0.465 e. The summed E-state index contributed by atoms with van der Waals surface area (Å²) in [5.74, 6) is 0.482. The molecule has 0 radical (unpaired) electrons. The highest BCUT2D eigenvalue weighted by atomic mass is 16.5. The first-order valence-corrected chi connectivity index (χ1v) is 7.38. The summed E-state index contributed by atoms with van der Waals surface area (Å²) in [6.45, 7) is 15.6. The summed E-state index contributed by atoms with van der Waals surface area (Å²) in [4.78, 5) is 12.5. The highest BCUT2D eigenvalue weighted by Crippen LogP contribution is 2.46. The van der Waals surface area contributed by atoms with Crippen LogP contribution in [0, 0.1) is 16.7 Å². The number of carbonyl (C=O) groups is 1. The maximum atomic E-state index is 12.5. The predicted octanol–water partition coefficient (Wildman–Crippen LogP) is 4.82. The van der Waals surface area contributed by atoms with Gasteiger partial charge in [0.1, 0.15) is 0 Å². The predicted molar refractivity (Wildman–Crippen MR) is 77.5 cm³/mol. The van der Waals surface area contributed by atoms with E-state index in [-0.39, 0.29) is 16.8 Å². The zero-order chi connectivity index (χ0) is 14.4. The van der Waals surface area contributed by atoms with Gasteiger partial charge in [-0.25, -0.2) is 0 Å². The Labute approximate surface area is 113 Å². The molecule has 1 atom stereocenters. The van der Waals surface area contributed by atoms with Crippen molar-refractivity contribution >= 4 is 5.97 Å². The Morgan fingerprint density at radius 3 is 2.11 bits per heavy atom. The number of hydrogen-bond donors (Lipinski definition) is 0. The molecule has 0 heterocycles. The Bertz CT molecular complexity index is 256. The Morgan fingerprint density at radius 1 is 1.17 bits per heavy atom. The normalized spacial score (nSPS) is 15.6. The Kier molecular flexibility index (Phi) is 6.94. The van der Waals surface area contributed by atoms with Crippen molar-refractivity contribution in [3.63, 3.8) is 0 Å². The van der Waals surface area contributed by atoms with Crippen molar-refractivity contribution in [2.24, 2.45) is 16.7 Å². The van der Waals surface area contributed by atoms with Crippen LogP contribution in [0.1, 0.15) is 74.1 Å². The zero-order valence-corrected chi connectivity index (χ0v) is 13.4. The van der Waals surface area contributed by atoms with E-state index in [4.69, 9.17) is 4.74 Å². The molecule has 0 rings (SSSR count). The summed E-state index contributed by atoms with van der Waals surface area (Å²) in [6.07, 6.45) is 3.89. The molecular formula is C16H32O2. The fourth-order valence-corrected chi connectivity index (χ4v) is 2.31. The molecule has 0 amide bonds. The zero-order valence-electron chi connectivity index (χ0n) is 13.4. The Hall–Kier alpha value is -0.530. The number of hydrogen-bond acceptors (Lipinski definition) is 2. The smallest absolute Gasteiger partial charge is 0.312 e. The van der Waals surface area contributed by atoms with Crippen LogP contribution in [0.2, 0.25) is 0 Å². The second kappa shape index (κ2) is 7.16. The number of ether oxygens (including phenoxy) is 1. The summed E-state index contributed by atoms with van der Waals surface area (Å²) >= 11 is 0. The lowest BCUT2D eigenvalue weighted by molar-refractivity contribution is -0.164. The second-order valence-corrected chi connectivity index (χ2v) is 6.66. The van der Waals surface area contributed by atoms with Crippen LogP contribution in [0.5, 0.6) is 0 Å². The average Bonchev–Trinajstić information content (AvgIpc) is 2.27. The molecule has 2 nitrogen and oxygen atoms in total. The minimum atomic E-state index is -0.385. The Morgan fingerprint density at radius 2 is 1.72 bits per heavy atom. The van der Waals surface area contributed by atoms with Gasteiger partial charge >= 0.3 is 5.97 Å². The van der Waals surface area contributed by atoms with E-state index in [1.807, 2.05) is 0 Å². The van der Waals surface area contributed by atoms with Crippen molar-refractivity contribution in [1.29, 1.82) is 0 Å². The topological polar surface area (TPSA) is 26.3 Å². The first-order valence-electron chi connectivity index (χ1n) is 7.38. The molecule has 0 aromatic carbocycles. The van der Waals surface area contributed by atoms with E-state index in [9.17, 15) is 4.79 Å². The van der Waals surface area contributed by atoms with Gasteiger partial charge in [-0.2, -0.15) is 0 Å². The molecule has 0 saturated carbocycles. The van der Waals surface area contributed by atoms with Gasteiger partial charge in [0.25, 0.3) is 0 Å². The summed E-state index contributed by atoms with van der Waals surface area (Å²) in [6, 6.07) is 0. The molecule has 0 fully saturated rings. The lowest BCUT2D eigenvalue weighted by atomic mass is 9.62. The van der Waals surface area contributed by atoms with Gasteiger partial charge in [0.2, 0.25) is 0 Å². The lowest BCUT2D eigenvalue weighted by Gasteiger charge is -2.42. The number of esters is 1. The quantitative estimate of drug-likeness (QED) is 0.460. The molecule has 0 aromatic rings. The van der Waals surface area contributed by atoms with E-state index in [2.05, 4.69) is 48.5 Å². The molecule has 0 bridgehead atoms.